The fraction of sp³-hybridized carbons (Fsp3) is 0.379. The highest BCUT2D eigenvalue weighted by Gasteiger charge is 2.49. The smallest absolute Gasteiger partial charge is 0.380 e. The number of hydrogen-bond donors (Lipinski definition) is 1. The number of likely N-dealkylation sites (tertiary alicyclic amines) is 1. The Hall–Kier alpha value is -3.59. The van der Waals surface area contributed by atoms with E-state index in [0.717, 1.165) is 42.5 Å². The van der Waals surface area contributed by atoms with Crippen molar-refractivity contribution in [2.75, 3.05) is 36.5 Å². The lowest BCUT2D eigenvalue weighted by molar-refractivity contribution is -0.0500. The predicted molar refractivity (Wildman–Crippen MR) is 147 cm³/mol. The molecule has 238 valence electrons. The van der Waals surface area contributed by atoms with Crippen LogP contribution in [0.3, 0.4) is 0 Å². The Bertz CT molecular complexity index is 1620. The van der Waals surface area contributed by atoms with Gasteiger partial charge in [0.05, 0.1) is 30.0 Å². The maximum atomic E-state index is 15.9. The van der Waals surface area contributed by atoms with Crippen LogP contribution in [0.4, 0.5) is 46.5 Å². The monoisotopic (exact) mass is 649 g/mol. The van der Waals surface area contributed by atoms with Crippen molar-refractivity contribution in [2.45, 2.75) is 43.4 Å². The number of halogens is 8. The molecule has 0 radical (unpaired) electrons. The standard InChI is InChI=1S/C29H27F8N3O3S/c1-16-9-17-10-21(43-44(41,42)29(35,36)37)4-5-22(17)28(40(16)26-6-3-18(31)11-23(26)32)27-24(33)12-19(13-25(27)34)38-20-14-39(15-20)8-2-7-30/h3-6,10-13,16,20,28,38H,2,7-9,14-15H2,1H3. The van der Waals surface area contributed by atoms with Crippen LogP contribution in [0.5, 0.6) is 5.75 Å². The third-order valence-electron chi connectivity index (χ3n) is 7.64. The van der Waals surface area contributed by atoms with Crippen LogP contribution in [0.1, 0.15) is 36.1 Å². The molecule has 2 aliphatic heterocycles. The van der Waals surface area contributed by atoms with Gasteiger partial charge in [0, 0.05) is 37.4 Å². The molecule has 0 saturated carbocycles. The Labute approximate surface area is 248 Å². The maximum Gasteiger partial charge on any atom is 0.534 e. The minimum Gasteiger partial charge on any atom is -0.380 e. The van der Waals surface area contributed by atoms with Gasteiger partial charge in [-0.25, -0.2) is 17.6 Å². The van der Waals surface area contributed by atoms with Crippen molar-refractivity contribution >= 4 is 21.5 Å². The van der Waals surface area contributed by atoms with Crippen molar-refractivity contribution in [3.8, 4) is 5.75 Å². The minimum atomic E-state index is -6.00. The summed E-state index contributed by atoms with van der Waals surface area (Å²) in [4.78, 5) is 3.32. The highest BCUT2D eigenvalue weighted by Crippen LogP contribution is 2.45. The molecule has 6 nitrogen and oxygen atoms in total. The zero-order valence-electron chi connectivity index (χ0n) is 23.1. The molecule has 15 heteroatoms. The SMILES string of the molecule is CC1Cc2cc(OS(=O)(=O)C(F)(F)F)ccc2C(c2c(F)cc(NC3CN(CCCF)C3)cc2F)N1c1ccc(F)cc1F. The fourth-order valence-corrected chi connectivity index (χ4v) is 6.18. The van der Waals surface area contributed by atoms with Crippen molar-refractivity contribution in [1.29, 1.82) is 0 Å². The number of nitrogens with one attached hydrogen (secondary N) is 1. The van der Waals surface area contributed by atoms with Crippen LogP contribution in [-0.2, 0) is 16.5 Å². The van der Waals surface area contributed by atoms with Crippen LogP contribution < -0.4 is 14.4 Å². The van der Waals surface area contributed by atoms with E-state index in [2.05, 4.69) is 9.50 Å². The average Bonchev–Trinajstić information content (AvgIpc) is 2.89. The average molecular weight is 650 g/mol. The fourth-order valence-electron chi connectivity index (χ4n) is 5.73. The Morgan fingerprint density at radius 3 is 2.25 bits per heavy atom. The van der Waals surface area contributed by atoms with E-state index < -0.39 is 69.0 Å². The van der Waals surface area contributed by atoms with Gasteiger partial charge in [-0.15, -0.1) is 0 Å². The molecule has 0 bridgehead atoms. The van der Waals surface area contributed by atoms with Gasteiger partial charge >= 0.3 is 15.6 Å². The van der Waals surface area contributed by atoms with Crippen molar-refractivity contribution in [2.24, 2.45) is 0 Å². The zero-order valence-corrected chi connectivity index (χ0v) is 24.0. The van der Waals surface area contributed by atoms with Crippen LogP contribution in [0.15, 0.2) is 48.5 Å². The molecule has 1 N–H and O–H groups in total. The van der Waals surface area contributed by atoms with E-state index in [-0.39, 0.29) is 35.0 Å². The van der Waals surface area contributed by atoms with Crippen molar-refractivity contribution in [3.63, 3.8) is 0 Å². The number of rotatable bonds is 9. The number of alkyl halides is 4. The van der Waals surface area contributed by atoms with Gasteiger partial charge in [-0.1, -0.05) is 6.07 Å². The first-order chi connectivity index (χ1) is 20.7. The molecule has 2 atom stereocenters. The van der Waals surface area contributed by atoms with Crippen LogP contribution in [-0.4, -0.2) is 57.2 Å². The largest absolute Gasteiger partial charge is 0.534 e. The van der Waals surface area contributed by atoms with E-state index in [0.29, 0.717) is 32.1 Å². The Morgan fingerprint density at radius 2 is 1.64 bits per heavy atom. The molecular weight excluding hydrogens is 622 g/mol. The quantitative estimate of drug-likeness (QED) is 0.163. The summed E-state index contributed by atoms with van der Waals surface area (Å²) in [7, 11) is -6.00. The maximum absolute atomic E-state index is 15.9. The van der Waals surface area contributed by atoms with Gasteiger partial charge in [-0.05, 0) is 67.3 Å². The van der Waals surface area contributed by atoms with Gasteiger partial charge in [0.25, 0.3) is 0 Å². The molecule has 2 aliphatic rings. The van der Waals surface area contributed by atoms with Crippen molar-refractivity contribution in [1.82, 2.24) is 4.90 Å². The first-order valence-electron chi connectivity index (χ1n) is 13.6. The van der Waals surface area contributed by atoms with Crippen LogP contribution in [0.25, 0.3) is 0 Å². The number of hydrogen-bond acceptors (Lipinski definition) is 6. The van der Waals surface area contributed by atoms with Crippen molar-refractivity contribution in [3.05, 3.63) is 88.5 Å². The highest BCUT2D eigenvalue weighted by atomic mass is 32.2. The van der Waals surface area contributed by atoms with Gasteiger partial charge in [0.15, 0.2) is 0 Å². The number of benzene rings is 3. The molecule has 1 saturated heterocycles. The zero-order chi connectivity index (χ0) is 32.0. The summed E-state index contributed by atoms with van der Waals surface area (Å²) in [5, 5.41) is 3.03. The molecule has 2 unspecified atom stereocenters. The van der Waals surface area contributed by atoms with Crippen molar-refractivity contribution < 1.29 is 47.7 Å². The van der Waals surface area contributed by atoms with E-state index in [9.17, 15) is 30.4 Å². The third kappa shape index (κ3) is 6.29. The summed E-state index contributed by atoms with van der Waals surface area (Å²) in [5.41, 5.74) is -5.91. The van der Waals surface area contributed by atoms with Crippen LogP contribution in [0, 0.1) is 23.3 Å². The molecule has 0 spiro atoms. The van der Waals surface area contributed by atoms with Gasteiger partial charge in [0.2, 0.25) is 0 Å². The van der Waals surface area contributed by atoms with Gasteiger partial charge in [-0.3, -0.25) is 9.29 Å². The van der Waals surface area contributed by atoms with E-state index in [1.54, 1.807) is 6.92 Å². The molecule has 44 heavy (non-hydrogen) atoms. The molecule has 0 amide bonds. The second-order valence-corrected chi connectivity index (χ2v) is 12.3. The molecule has 2 heterocycles. The molecule has 3 aromatic carbocycles. The molecule has 5 rings (SSSR count). The summed E-state index contributed by atoms with van der Waals surface area (Å²) in [6.45, 7) is 2.76. The molecule has 3 aromatic rings. The Kier molecular flexibility index (Phi) is 8.73. The number of nitrogens with zero attached hydrogens (tertiary/aromatic N) is 2. The minimum absolute atomic E-state index is 0.0185. The lowest BCUT2D eigenvalue weighted by atomic mass is 9.84. The third-order valence-corrected chi connectivity index (χ3v) is 8.62. The first-order valence-corrected chi connectivity index (χ1v) is 15.0. The summed E-state index contributed by atoms with van der Waals surface area (Å²) in [5.74, 6) is -4.59. The topological polar surface area (TPSA) is 61.9 Å². The number of fused-ring (bicyclic) bond motifs is 1. The normalized spacial score (nSPS) is 19.4. The summed E-state index contributed by atoms with van der Waals surface area (Å²) in [6, 6.07) is 5.64. The van der Waals surface area contributed by atoms with E-state index in [1.165, 1.54) is 4.90 Å². The second kappa shape index (κ2) is 12.1. The molecule has 0 aliphatic carbocycles. The van der Waals surface area contributed by atoms with E-state index >= 15 is 13.2 Å². The number of anilines is 2. The predicted octanol–water partition coefficient (Wildman–Crippen LogP) is 6.47. The van der Waals surface area contributed by atoms with E-state index in [4.69, 9.17) is 0 Å². The van der Waals surface area contributed by atoms with Crippen LogP contribution in [0.2, 0.25) is 0 Å². The van der Waals surface area contributed by atoms with Crippen LogP contribution >= 0.6 is 0 Å². The van der Waals surface area contributed by atoms with Gasteiger partial charge in [0.1, 0.15) is 29.0 Å². The molecule has 0 aromatic heterocycles. The first kappa shape index (κ1) is 31.8. The second-order valence-electron chi connectivity index (χ2n) is 10.8. The summed E-state index contributed by atoms with van der Waals surface area (Å²) in [6.07, 6.45) is 0.359. The van der Waals surface area contributed by atoms with E-state index in [1.807, 2.05) is 4.90 Å². The molecule has 1 fully saturated rings. The lowest BCUT2D eigenvalue weighted by Gasteiger charge is -2.44. The summed E-state index contributed by atoms with van der Waals surface area (Å²) >= 11 is 0. The van der Waals surface area contributed by atoms with Gasteiger partial charge < -0.3 is 14.4 Å². The highest BCUT2D eigenvalue weighted by molar-refractivity contribution is 7.88. The Morgan fingerprint density at radius 1 is 0.955 bits per heavy atom. The molecular formula is C29H27F8N3O3S. The Balaban J connectivity index is 1.54. The summed E-state index contributed by atoms with van der Waals surface area (Å²) < 4.78 is 139. The van der Waals surface area contributed by atoms with Gasteiger partial charge in [-0.2, -0.15) is 21.6 Å². The lowest BCUT2D eigenvalue weighted by Crippen LogP contribution is -2.54.